The van der Waals surface area contributed by atoms with Crippen LogP contribution in [0, 0.1) is 0 Å². The molecule has 0 aromatic heterocycles. The zero-order valence-corrected chi connectivity index (χ0v) is 11.8. The third-order valence-electron chi connectivity index (χ3n) is 2.71. The van der Waals surface area contributed by atoms with E-state index in [0.717, 1.165) is 12.0 Å². The lowest BCUT2D eigenvalue weighted by molar-refractivity contribution is -0.122. The van der Waals surface area contributed by atoms with E-state index < -0.39 is 0 Å². The number of halogens is 2. The van der Waals surface area contributed by atoms with Gasteiger partial charge in [0.1, 0.15) is 0 Å². The Hall–Kier alpha value is -0.730. The first-order valence-corrected chi connectivity index (χ1v) is 6.34. The van der Waals surface area contributed by atoms with E-state index in [1.807, 2.05) is 26.8 Å². The maximum atomic E-state index is 11.8. The number of hydrogen-bond acceptors (Lipinski definition) is 1. The number of benzene rings is 1. The van der Waals surface area contributed by atoms with Crippen LogP contribution in [-0.4, -0.2) is 11.4 Å². The summed E-state index contributed by atoms with van der Waals surface area (Å²) in [6.45, 7) is 6.04. The van der Waals surface area contributed by atoms with E-state index in [1.165, 1.54) is 0 Å². The number of hydrogen-bond donors (Lipinski definition) is 1. The summed E-state index contributed by atoms with van der Waals surface area (Å²) >= 11 is 11.7. The van der Waals surface area contributed by atoms with Crippen LogP contribution < -0.4 is 5.32 Å². The third-order valence-corrected chi connectivity index (χ3v) is 3.45. The summed E-state index contributed by atoms with van der Waals surface area (Å²) in [5, 5.41) is 3.96. The molecule has 0 fully saturated rings. The van der Waals surface area contributed by atoms with Crippen LogP contribution in [0.4, 0.5) is 0 Å². The van der Waals surface area contributed by atoms with E-state index in [-0.39, 0.29) is 11.4 Å². The second-order valence-corrected chi connectivity index (χ2v) is 5.53. The van der Waals surface area contributed by atoms with Gasteiger partial charge >= 0.3 is 0 Å². The van der Waals surface area contributed by atoms with E-state index in [4.69, 9.17) is 23.2 Å². The minimum absolute atomic E-state index is 0.00441. The average Bonchev–Trinajstić information content (AvgIpc) is 2.23. The molecule has 0 aliphatic carbocycles. The van der Waals surface area contributed by atoms with E-state index in [1.54, 1.807) is 12.1 Å². The summed E-state index contributed by atoms with van der Waals surface area (Å²) in [7, 11) is 0. The van der Waals surface area contributed by atoms with Crippen molar-refractivity contribution in [2.24, 2.45) is 0 Å². The minimum atomic E-state index is -0.173. The summed E-state index contributed by atoms with van der Waals surface area (Å²) in [6, 6.07) is 5.24. The van der Waals surface area contributed by atoms with Crippen LogP contribution in [0.15, 0.2) is 18.2 Å². The molecule has 1 aromatic carbocycles. The van der Waals surface area contributed by atoms with Crippen molar-refractivity contribution in [1.82, 2.24) is 5.32 Å². The summed E-state index contributed by atoms with van der Waals surface area (Å²) in [5.41, 5.74) is 0.691. The zero-order chi connectivity index (χ0) is 13.1. The Bertz CT molecular complexity index is 416. The van der Waals surface area contributed by atoms with E-state index in [9.17, 15) is 4.79 Å². The average molecular weight is 274 g/mol. The molecule has 0 atom stereocenters. The Morgan fingerprint density at radius 1 is 1.29 bits per heavy atom. The minimum Gasteiger partial charge on any atom is -0.351 e. The van der Waals surface area contributed by atoms with Crippen molar-refractivity contribution in [3.8, 4) is 0 Å². The molecule has 4 heteroatoms. The first-order chi connectivity index (χ1) is 7.84. The van der Waals surface area contributed by atoms with E-state index >= 15 is 0 Å². The van der Waals surface area contributed by atoms with Crippen LogP contribution in [0.1, 0.15) is 32.8 Å². The summed E-state index contributed by atoms with van der Waals surface area (Å²) < 4.78 is 0. The molecule has 0 saturated heterocycles. The van der Waals surface area contributed by atoms with Crippen LogP contribution >= 0.6 is 23.2 Å². The molecule has 0 aliphatic heterocycles. The Morgan fingerprint density at radius 2 is 1.94 bits per heavy atom. The molecule has 1 aromatic rings. The molecule has 17 heavy (non-hydrogen) atoms. The molecule has 94 valence electrons. The molecule has 0 saturated carbocycles. The molecular formula is C13H17Cl2NO. The second-order valence-electron chi connectivity index (χ2n) is 4.71. The van der Waals surface area contributed by atoms with Gasteiger partial charge in [0.2, 0.25) is 5.91 Å². The van der Waals surface area contributed by atoms with Crippen molar-refractivity contribution in [2.75, 3.05) is 0 Å². The highest BCUT2D eigenvalue weighted by Crippen LogP contribution is 2.22. The van der Waals surface area contributed by atoms with Crippen LogP contribution in [-0.2, 0) is 11.2 Å². The van der Waals surface area contributed by atoms with Crippen LogP contribution in [0.2, 0.25) is 10.0 Å². The largest absolute Gasteiger partial charge is 0.351 e. The molecular weight excluding hydrogens is 257 g/mol. The van der Waals surface area contributed by atoms with Gasteiger partial charge in [-0.2, -0.15) is 0 Å². The SMILES string of the molecule is CCC(C)(C)NC(=O)Cc1ccc(Cl)c(Cl)c1. The first-order valence-electron chi connectivity index (χ1n) is 5.59. The third kappa shape index (κ3) is 4.57. The Labute approximate surface area is 112 Å². The van der Waals surface area contributed by atoms with Gasteiger partial charge in [-0.1, -0.05) is 36.2 Å². The lowest BCUT2D eigenvalue weighted by Crippen LogP contribution is -2.43. The van der Waals surface area contributed by atoms with Crippen LogP contribution in [0.3, 0.4) is 0 Å². The molecule has 2 nitrogen and oxygen atoms in total. The fourth-order valence-corrected chi connectivity index (χ4v) is 1.67. The lowest BCUT2D eigenvalue weighted by atomic mass is 10.0. The monoisotopic (exact) mass is 273 g/mol. The van der Waals surface area contributed by atoms with E-state index in [0.29, 0.717) is 16.5 Å². The zero-order valence-electron chi connectivity index (χ0n) is 10.3. The van der Waals surface area contributed by atoms with Crippen molar-refractivity contribution >= 4 is 29.1 Å². The predicted octanol–water partition coefficient (Wildman–Crippen LogP) is 3.84. The molecule has 1 rings (SSSR count). The van der Waals surface area contributed by atoms with Gasteiger partial charge in [-0.25, -0.2) is 0 Å². The van der Waals surface area contributed by atoms with Gasteiger partial charge < -0.3 is 5.32 Å². The number of carbonyl (C=O) groups is 1. The molecule has 0 radical (unpaired) electrons. The van der Waals surface area contributed by atoms with Crippen molar-refractivity contribution in [3.05, 3.63) is 33.8 Å². The van der Waals surface area contributed by atoms with Crippen molar-refractivity contribution in [3.63, 3.8) is 0 Å². The normalized spacial score (nSPS) is 11.4. The van der Waals surface area contributed by atoms with Gasteiger partial charge in [0, 0.05) is 5.54 Å². The summed E-state index contributed by atoms with van der Waals surface area (Å²) in [4.78, 5) is 11.8. The van der Waals surface area contributed by atoms with Gasteiger partial charge in [0.25, 0.3) is 0 Å². The Morgan fingerprint density at radius 3 is 2.47 bits per heavy atom. The highest BCUT2D eigenvalue weighted by atomic mass is 35.5. The summed E-state index contributed by atoms with van der Waals surface area (Å²) in [6.07, 6.45) is 1.21. The standard InChI is InChI=1S/C13H17Cl2NO/c1-4-13(2,3)16-12(17)8-9-5-6-10(14)11(15)7-9/h5-7H,4,8H2,1-3H3,(H,16,17). The van der Waals surface area contributed by atoms with Gasteiger partial charge in [-0.3, -0.25) is 4.79 Å². The number of amides is 1. The van der Waals surface area contributed by atoms with Gasteiger partial charge in [0.05, 0.1) is 16.5 Å². The maximum absolute atomic E-state index is 11.8. The topological polar surface area (TPSA) is 29.1 Å². The Kier molecular flexibility index (Phi) is 4.84. The molecule has 0 bridgehead atoms. The molecule has 0 unspecified atom stereocenters. The molecule has 1 N–H and O–H groups in total. The number of carbonyl (C=O) groups excluding carboxylic acids is 1. The highest BCUT2D eigenvalue weighted by molar-refractivity contribution is 6.42. The van der Waals surface area contributed by atoms with Gasteiger partial charge in [-0.15, -0.1) is 0 Å². The quantitative estimate of drug-likeness (QED) is 0.888. The highest BCUT2D eigenvalue weighted by Gasteiger charge is 2.17. The van der Waals surface area contributed by atoms with Crippen LogP contribution in [0.25, 0.3) is 0 Å². The Balaban J connectivity index is 2.65. The van der Waals surface area contributed by atoms with Crippen molar-refractivity contribution in [2.45, 2.75) is 39.2 Å². The van der Waals surface area contributed by atoms with Crippen molar-refractivity contribution < 1.29 is 4.79 Å². The molecule has 0 aliphatic rings. The molecule has 0 heterocycles. The van der Waals surface area contributed by atoms with Crippen LogP contribution in [0.5, 0.6) is 0 Å². The summed E-state index contributed by atoms with van der Waals surface area (Å²) in [5.74, 6) is -0.00441. The second kappa shape index (κ2) is 5.74. The fraction of sp³-hybridized carbons (Fsp3) is 0.462. The van der Waals surface area contributed by atoms with Crippen molar-refractivity contribution in [1.29, 1.82) is 0 Å². The molecule has 0 spiro atoms. The number of nitrogens with one attached hydrogen (secondary N) is 1. The maximum Gasteiger partial charge on any atom is 0.224 e. The van der Waals surface area contributed by atoms with E-state index in [2.05, 4.69) is 5.32 Å². The van der Waals surface area contributed by atoms with Gasteiger partial charge in [-0.05, 0) is 38.0 Å². The smallest absolute Gasteiger partial charge is 0.224 e. The number of rotatable bonds is 4. The first kappa shape index (κ1) is 14.3. The molecule has 1 amide bonds. The predicted molar refractivity (Wildman–Crippen MR) is 72.7 cm³/mol. The fourth-order valence-electron chi connectivity index (χ4n) is 1.34. The van der Waals surface area contributed by atoms with Gasteiger partial charge in [0.15, 0.2) is 0 Å². The lowest BCUT2D eigenvalue weighted by Gasteiger charge is -2.24.